The number of benzene rings is 3. The van der Waals surface area contributed by atoms with Gasteiger partial charge in [-0.05, 0) is 29.8 Å². The van der Waals surface area contributed by atoms with Gasteiger partial charge in [-0.3, -0.25) is 14.5 Å². The molecule has 0 aromatic heterocycles. The molecule has 2 amide bonds. The Morgan fingerprint density at radius 3 is 2.35 bits per heavy atom. The van der Waals surface area contributed by atoms with Crippen LogP contribution in [0.1, 0.15) is 12.0 Å². The molecule has 31 heavy (non-hydrogen) atoms. The smallest absolute Gasteiger partial charge is 0.238 e. The molecular formula is C24H20FN3O2S. The molecule has 0 aliphatic carbocycles. The molecule has 156 valence electrons. The number of amides is 2. The van der Waals surface area contributed by atoms with Gasteiger partial charge in [0.05, 0.1) is 17.9 Å². The van der Waals surface area contributed by atoms with Crippen molar-refractivity contribution in [3.8, 4) is 0 Å². The van der Waals surface area contributed by atoms with Crippen molar-refractivity contribution in [2.75, 3.05) is 5.32 Å². The molecule has 3 aromatic carbocycles. The van der Waals surface area contributed by atoms with Crippen LogP contribution >= 0.6 is 11.8 Å². The van der Waals surface area contributed by atoms with Crippen LogP contribution in [0, 0.1) is 5.82 Å². The summed E-state index contributed by atoms with van der Waals surface area (Å²) in [7, 11) is 0. The van der Waals surface area contributed by atoms with Gasteiger partial charge in [0, 0.05) is 6.42 Å². The Morgan fingerprint density at radius 2 is 1.65 bits per heavy atom. The zero-order valence-corrected chi connectivity index (χ0v) is 17.4. The minimum Gasteiger partial charge on any atom is -0.323 e. The second-order valence-corrected chi connectivity index (χ2v) is 8.15. The Hall–Kier alpha value is -3.45. The molecule has 1 atom stereocenters. The molecule has 4 rings (SSSR count). The summed E-state index contributed by atoms with van der Waals surface area (Å²) in [5, 5.41) is 2.33. The lowest BCUT2D eigenvalue weighted by Crippen LogP contribution is -2.44. The van der Waals surface area contributed by atoms with Gasteiger partial charge in [0.15, 0.2) is 5.17 Å². The topological polar surface area (TPSA) is 61.8 Å². The molecule has 1 unspecified atom stereocenters. The minimum atomic E-state index is -0.707. The maximum absolute atomic E-state index is 13.9. The average Bonchev–Trinajstić information content (AvgIpc) is 2.79. The number of halogens is 1. The van der Waals surface area contributed by atoms with E-state index in [1.54, 1.807) is 17.0 Å². The summed E-state index contributed by atoms with van der Waals surface area (Å²) in [6.45, 7) is 0.361. The lowest BCUT2D eigenvalue weighted by molar-refractivity contribution is -0.129. The molecule has 0 radical (unpaired) electrons. The van der Waals surface area contributed by atoms with Crippen LogP contribution in [0.5, 0.6) is 0 Å². The van der Waals surface area contributed by atoms with E-state index in [0.717, 1.165) is 5.56 Å². The maximum Gasteiger partial charge on any atom is 0.238 e. The van der Waals surface area contributed by atoms with Crippen molar-refractivity contribution in [1.82, 2.24) is 4.90 Å². The summed E-state index contributed by atoms with van der Waals surface area (Å²) >= 11 is 1.21. The summed E-state index contributed by atoms with van der Waals surface area (Å²) in [5.74, 6) is -1.15. The van der Waals surface area contributed by atoms with Crippen LogP contribution in [0.15, 0.2) is 89.9 Å². The van der Waals surface area contributed by atoms with Gasteiger partial charge in [0.1, 0.15) is 11.1 Å². The van der Waals surface area contributed by atoms with Crippen LogP contribution in [0.25, 0.3) is 0 Å². The Balaban J connectivity index is 1.59. The summed E-state index contributed by atoms with van der Waals surface area (Å²) in [5.41, 5.74) is 1.74. The summed E-state index contributed by atoms with van der Waals surface area (Å²) < 4.78 is 13.9. The van der Waals surface area contributed by atoms with Gasteiger partial charge in [-0.1, -0.05) is 72.4 Å². The van der Waals surface area contributed by atoms with Crippen molar-refractivity contribution in [3.63, 3.8) is 0 Å². The molecule has 1 heterocycles. The molecule has 0 spiro atoms. The zero-order chi connectivity index (χ0) is 21.6. The number of para-hydroxylation sites is 2. The number of hydrogen-bond acceptors (Lipinski definition) is 4. The van der Waals surface area contributed by atoms with Crippen molar-refractivity contribution in [3.05, 3.63) is 96.3 Å². The second-order valence-electron chi connectivity index (χ2n) is 6.98. The third kappa shape index (κ3) is 5.19. The normalized spacial score (nSPS) is 17.6. The van der Waals surface area contributed by atoms with E-state index in [1.165, 1.54) is 23.9 Å². The molecule has 1 N–H and O–H groups in total. The van der Waals surface area contributed by atoms with E-state index in [2.05, 4.69) is 10.3 Å². The third-order valence-electron chi connectivity index (χ3n) is 4.73. The molecular weight excluding hydrogens is 413 g/mol. The van der Waals surface area contributed by atoms with E-state index in [-0.39, 0.29) is 18.0 Å². The van der Waals surface area contributed by atoms with Crippen molar-refractivity contribution in [2.24, 2.45) is 4.99 Å². The molecule has 1 aliphatic rings. The van der Waals surface area contributed by atoms with Crippen LogP contribution in [0.3, 0.4) is 0 Å². The van der Waals surface area contributed by atoms with Crippen LogP contribution < -0.4 is 5.32 Å². The second kappa shape index (κ2) is 9.57. The van der Waals surface area contributed by atoms with E-state index in [9.17, 15) is 14.0 Å². The molecule has 0 bridgehead atoms. The van der Waals surface area contributed by atoms with E-state index in [1.807, 2.05) is 60.7 Å². The Kier molecular flexibility index (Phi) is 6.43. The lowest BCUT2D eigenvalue weighted by atomic mass is 10.2. The quantitative estimate of drug-likeness (QED) is 0.617. The van der Waals surface area contributed by atoms with Crippen LogP contribution in [-0.4, -0.2) is 27.1 Å². The van der Waals surface area contributed by atoms with Crippen LogP contribution in [-0.2, 0) is 16.1 Å². The number of carbonyl (C=O) groups excluding carboxylic acids is 2. The van der Waals surface area contributed by atoms with Crippen LogP contribution in [0.2, 0.25) is 0 Å². The summed E-state index contributed by atoms with van der Waals surface area (Å²) in [4.78, 5) is 32.0. The van der Waals surface area contributed by atoms with Crippen LogP contribution in [0.4, 0.5) is 15.8 Å². The van der Waals surface area contributed by atoms with Crippen molar-refractivity contribution in [1.29, 1.82) is 0 Å². The van der Waals surface area contributed by atoms with Gasteiger partial charge in [-0.2, -0.15) is 0 Å². The minimum absolute atomic E-state index is 0.00555. The van der Waals surface area contributed by atoms with Gasteiger partial charge >= 0.3 is 0 Å². The number of rotatable bonds is 5. The standard InChI is InChI=1S/C24H20FN3O2S/c25-19-13-7-8-14-20(19)27-23(30)21-15-22(29)28(16-17-9-3-1-4-10-17)24(31-21)26-18-11-5-2-6-12-18/h1-14,21H,15-16H2,(H,27,30). The summed E-state index contributed by atoms with van der Waals surface area (Å²) in [6, 6.07) is 24.9. The first-order valence-electron chi connectivity index (χ1n) is 9.80. The van der Waals surface area contributed by atoms with Crippen molar-refractivity contribution >= 4 is 40.1 Å². The first-order chi connectivity index (χ1) is 15.1. The Labute approximate surface area is 184 Å². The molecule has 7 heteroatoms. The van der Waals surface area contributed by atoms with Gasteiger partial charge in [-0.25, -0.2) is 9.38 Å². The Bertz CT molecular complexity index is 1110. The monoisotopic (exact) mass is 433 g/mol. The SMILES string of the molecule is O=C(Nc1ccccc1F)C1CC(=O)N(Cc2ccccc2)C(=Nc2ccccc2)S1. The van der Waals surface area contributed by atoms with Gasteiger partial charge in [0.25, 0.3) is 0 Å². The molecule has 3 aromatic rings. The number of hydrogen-bond donors (Lipinski definition) is 1. The largest absolute Gasteiger partial charge is 0.323 e. The number of thioether (sulfide) groups is 1. The average molecular weight is 434 g/mol. The van der Waals surface area contributed by atoms with Crippen molar-refractivity contribution < 1.29 is 14.0 Å². The number of carbonyl (C=O) groups is 2. The highest BCUT2D eigenvalue weighted by atomic mass is 32.2. The number of anilines is 1. The fourth-order valence-corrected chi connectivity index (χ4v) is 4.25. The fourth-order valence-electron chi connectivity index (χ4n) is 3.15. The predicted molar refractivity (Wildman–Crippen MR) is 122 cm³/mol. The third-order valence-corrected chi connectivity index (χ3v) is 5.92. The number of nitrogens with one attached hydrogen (secondary N) is 1. The fraction of sp³-hybridized carbons (Fsp3) is 0.125. The zero-order valence-electron chi connectivity index (χ0n) is 16.6. The maximum atomic E-state index is 13.9. The van der Waals surface area contributed by atoms with E-state index >= 15 is 0 Å². The predicted octanol–water partition coefficient (Wildman–Crippen LogP) is 4.99. The molecule has 1 saturated heterocycles. The number of aliphatic imine (C=N–C) groups is 1. The first-order valence-corrected chi connectivity index (χ1v) is 10.7. The molecule has 1 aliphatic heterocycles. The Morgan fingerprint density at radius 1 is 1.00 bits per heavy atom. The number of nitrogens with zero attached hydrogens (tertiary/aromatic N) is 2. The first kappa shape index (κ1) is 20.8. The highest BCUT2D eigenvalue weighted by Gasteiger charge is 2.36. The molecule has 0 saturated carbocycles. The summed E-state index contributed by atoms with van der Waals surface area (Å²) in [6.07, 6.45) is 0.00555. The van der Waals surface area contributed by atoms with E-state index in [0.29, 0.717) is 17.4 Å². The van der Waals surface area contributed by atoms with Gasteiger partial charge in [-0.15, -0.1) is 0 Å². The highest BCUT2D eigenvalue weighted by Crippen LogP contribution is 2.31. The molecule has 5 nitrogen and oxygen atoms in total. The van der Waals surface area contributed by atoms with E-state index in [4.69, 9.17) is 0 Å². The lowest BCUT2D eigenvalue weighted by Gasteiger charge is -2.32. The highest BCUT2D eigenvalue weighted by molar-refractivity contribution is 8.15. The number of amidine groups is 1. The van der Waals surface area contributed by atoms with Crippen molar-refractivity contribution in [2.45, 2.75) is 18.2 Å². The van der Waals surface area contributed by atoms with Gasteiger partial charge < -0.3 is 5.32 Å². The molecule has 1 fully saturated rings. The van der Waals surface area contributed by atoms with E-state index < -0.39 is 17.0 Å². The van der Waals surface area contributed by atoms with Gasteiger partial charge in [0.2, 0.25) is 11.8 Å².